The Morgan fingerprint density at radius 2 is 0.613 bits per heavy atom. The van der Waals surface area contributed by atoms with Crippen LogP contribution < -0.4 is 56.8 Å². The molecule has 0 fully saturated rings. The Labute approximate surface area is 721 Å². The molecule has 3 aliphatic rings. The molecule has 3 unspecified atom stereocenters. The van der Waals surface area contributed by atoms with E-state index in [1.807, 2.05) is 60.7 Å². The van der Waals surface area contributed by atoms with Gasteiger partial charge in [0.05, 0.1) is 80.8 Å². The number of halogens is 2. The third kappa shape index (κ3) is 16.5. The van der Waals surface area contributed by atoms with Gasteiger partial charge in [0.25, 0.3) is 0 Å². The van der Waals surface area contributed by atoms with E-state index in [1.165, 1.54) is 0 Å². The van der Waals surface area contributed by atoms with Crippen molar-refractivity contribution in [2.45, 2.75) is 25.2 Å². The zero-order valence-electron chi connectivity index (χ0n) is 67.5. The van der Waals surface area contributed by atoms with Gasteiger partial charge in [-0.1, -0.05) is 141 Å². The van der Waals surface area contributed by atoms with Gasteiger partial charge in [0.1, 0.15) is 86.2 Å². The third-order valence-electron chi connectivity index (χ3n) is 21.7. The van der Waals surface area contributed by atoms with Crippen LogP contribution in [0.4, 0.5) is 0 Å². The molecule has 15 nitrogen and oxygen atoms in total. The molecule has 0 aromatic heterocycles. The van der Waals surface area contributed by atoms with Crippen LogP contribution in [0.3, 0.4) is 0 Å². The van der Waals surface area contributed by atoms with E-state index in [2.05, 4.69) is 261 Å². The summed E-state index contributed by atoms with van der Waals surface area (Å²) < 4.78 is 82.4. The van der Waals surface area contributed by atoms with Crippen molar-refractivity contribution >= 4 is 110 Å². The summed E-state index contributed by atoms with van der Waals surface area (Å²) in [7, 11) is 20.2. The van der Waals surface area contributed by atoms with Crippen molar-refractivity contribution in [3.05, 3.63) is 324 Å². The van der Waals surface area contributed by atoms with Gasteiger partial charge in [-0.15, -0.1) is 0 Å². The van der Waals surface area contributed by atoms with Crippen molar-refractivity contribution in [3.8, 4) is 97.4 Å². The molecule has 604 valence electrons. The first kappa shape index (κ1) is 83.5. The lowest BCUT2D eigenvalue weighted by molar-refractivity contribution is 0.135. The highest BCUT2D eigenvalue weighted by atomic mass is 127. The summed E-state index contributed by atoms with van der Waals surface area (Å²) in [5, 5.41) is 21.2. The Morgan fingerprint density at radius 3 is 0.975 bits per heavy atom. The first-order chi connectivity index (χ1) is 57.7. The van der Waals surface area contributed by atoms with E-state index in [4.69, 9.17) is 61.9 Å². The molecule has 119 heavy (non-hydrogen) atoms. The second kappa shape index (κ2) is 37.3. The summed E-state index contributed by atoms with van der Waals surface area (Å²) in [6, 6.07) is 91.7. The van der Waals surface area contributed by atoms with Crippen LogP contribution in [-0.4, -0.2) is 104 Å². The van der Waals surface area contributed by atoms with Crippen molar-refractivity contribution in [3.63, 3.8) is 0 Å². The van der Waals surface area contributed by atoms with Crippen LogP contribution in [0.1, 0.15) is 75.3 Å². The van der Waals surface area contributed by atoms with Crippen molar-refractivity contribution < 1.29 is 71.4 Å². The monoisotopic (exact) mass is 1810 g/mol. The van der Waals surface area contributed by atoms with Crippen LogP contribution >= 0.6 is 45.2 Å². The molecular formula is C102H92I2O15. The normalized spacial score (nSPS) is 13.5. The number of hydrogen-bond donors (Lipinski definition) is 1. The number of methoxy groups -OCH3 is 11. The lowest BCUT2D eigenvalue weighted by Crippen LogP contribution is -2.15. The standard InChI is InChI=1S/C36H28O4.C30H22I2O4.C30H24O4.C3H8O2.C2H6O.CH4/c1-37-26-14-9-23-12-17-31(39-3)34(29(23)20-26)36-28-16-11-25(22-7-5-4-6-8-22)19-33(28)40-32-18-13-24-10-15-27(38-2)21-30(24)35(32)36;1-33-19-8-4-16-6-10-25(35-3)27(21(16)14-19)29-23-12-18(31)13-24(32)30(23)36-26-11-7-17-5-9-20(34-2)15-22(17)28(26)29;1-31-20-12-8-18-10-14-26(33-3)28(23(18)16-20)30-22-6-4-5-7-25(22)34-27-15-11-19-9-13-21(32-2)17-24(19)29(27)30;1-5-3-2-4;1-3-2;/h4-21,36H,1-3H3;4-15,29H,1-3H3;4-17,30H,1-3H3;4H,2-3H2,1H3;1-2H3;1H4. The molecule has 0 amide bonds. The minimum Gasteiger partial charge on any atom is -0.497 e. The minimum absolute atomic E-state index is 0. The fourth-order valence-electron chi connectivity index (χ4n) is 16.4. The van der Waals surface area contributed by atoms with Crippen LogP contribution in [0.25, 0.3) is 75.8 Å². The van der Waals surface area contributed by atoms with Gasteiger partial charge in [-0.05, 0) is 254 Å². The van der Waals surface area contributed by atoms with Crippen LogP contribution in [0, 0.1) is 7.14 Å². The van der Waals surface area contributed by atoms with Gasteiger partial charge in [-0.2, -0.15) is 0 Å². The molecule has 1 N–H and O–H groups in total. The maximum absolute atomic E-state index is 7.94. The van der Waals surface area contributed by atoms with E-state index in [1.54, 1.807) is 85.3 Å². The molecule has 0 spiro atoms. The second-order valence-electron chi connectivity index (χ2n) is 28.2. The van der Waals surface area contributed by atoms with Gasteiger partial charge in [0, 0.05) is 92.7 Å². The number of aliphatic hydroxyl groups excluding tert-OH is 1. The predicted octanol–water partition coefficient (Wildman–Crippen LogP) is 25.3. The highest BCUT2D eigenvalue weighted by molar-refractivity contribution is 14.1. The van der Waals surface area contributed by atoms with E-state index >= 15 is 0 Å². The lowest BCUT2D eigenvalue weighted by Gasteiger charge is -2.32. The van der Waals surface area contributed by atoms with Crippen molar-refractivity contribution in [1.29, 1.82) is 0 Å². The molecular weight excluding hydrogens is 1720 g/mol. The smallest absolute Gasteiger partial charge is 0.144 e. The molecule has 16 aromatic rings. The quantitative estimate of drug-likeness (QED) is 0.0969. The Bertz CT molecular complexity index is 6390. The SMILES string of the molecule is C.COC.COCCO.COc1ccc2ccc(OC)c(C3c4cc(I)cc(I)c4Oc4ccc5ccc(OC)cc5c43)c2c1.COc1ccc2ccc(OC)c(C3c4ccc(-c5ccccc5)cc4Oc4ccc5ccc(OC)cc5c43)c2c1.COc1ccc2ccc(OC)c(C3c4ccccc4Oc4ccc5ccc(OC)cc5c43)c2c1. The molecule has 0 bridgehead atoms. The summed E-state index contributed by atoms with van der Waals surface area (Å²) in [4.78, 5) is 0. The van der Waals surface area contributed by atoms with E-state index in [0.29, 0.717) is 6.61 Å². The van der Waals surface area contributed by atoms with Crippen molar-refractivity contribution in [2.75, 3.05) is 98.5 Å². The Kier molecular flexibility index (Phi) is 26.2. The van der Waals surface area contributed by atoms with Gasteiger partial charge in [0.2, 0.25) is 0 Å². The fraction of sp³-hybridized carbons (Fsp3) is 0.176. The number of para-hydroxylation sites is 1. The van der Waals surface area contributed by atoms with E-state index in [0.717, 1.165) is 219 Å². The maximum atomic E-state index is 7.94. The third-order valence-corrected chi connectivity index (χ3v) is 23.2. The second-order valence-corrected chi connectivity index (χ2v) is 30.6. The number of benzene rings is 16. The van der Waals surface area contributed by atoms with Crippen LogP contribution in [-0.2, 0) is 9.47 Å². The number of rotatable bonds is 15. The average molecular weight is 1810 g/mol. The van der Waals surface area contributed by atoms with E-state index in [9.17, 15) is 0 Å². The molecule has 0 saturated heterocycles. The van der Waals surface area contributed by atoms with Gasteiger partial charge in [0.15, 0.2) is 0 Å². The summed E-state index contributed by atoms with van der Waals surface area (Å²) in [6.07, 6.45) is 0. The highest BCUT2D eigenvalue weighted by Crippen LogP contribution is 2.59. The predicted molar refractivity (Wildman–Crippen MR) is 495 cm³/mol. The van der Waals surface area contributed by atoms with Crippen molar-refractivity contribution in [2.24, 2.45) is 0 Å². The summed E-state index contributed by atoms with van der Waals surface area (Å²) >= 11 is 4.76. The molecule has 0 radical (unpaired) electrons. The molecule has 0 aliphatic carbocycles. The van der Waals surface area contributed by atoms with Crippen molar-refractivity contribution in [1.82, 2.24) is 0 Å². The van der Waals surface area contributed by atoms with E-state index in [-0.39, 0.29) is 31.8 Å². The molecule has 3 heterocycles. The van der Waals surface area contributed by atoms with Gasteiger partial charge in [-0.3, -0.25) is 0 Å². The first-order valence-electron chi connectivity index (χ1n) is 38.3. The zero-order chi connectivity index (χ0) is 82.3. The average Bonchev–Trinajstić information content (AvgIpc) is 0.732. The maximum Gasteiger partial charge on any atom is 0.144 e. The Hall–Kier alpha value is -12.0. The Balaban J connectivity index is 0.000000140. The number of hydrogen-bond acceptors (Lipinski definition) is 15. The highest BCUT2D eigenvalue weighted by Gasteiger charge is 2.39. The zero-order valence-corrected chi connectivity index (χ0v) is 71.8. The van der Waals surface area contributed by atoms with Gasteiger partial charge in [-0.25, -0.2) is 0 Å². The van der Waals surface area contributed by atoms with Crippen LogP contribution in [0.5, 0.6) is 86.2 Å². The topological polar surface area (TPSA) is 149 Å². The molecule has 16 aromatic carbocycles. The van der Waals surface area contributed by atoms with Gasteiger partial charge >= 0.3 is 0 Å². The number of aliphatic hydroxyl groups is 1. The summed E-state index contributed by atoms with van der Waals surface area (Å²) in [6.45, 7) is 0.566. The summed E-state index contributed by atoms with van der Waals surface area (Å²) in [5.41, 5.74) is 12.1. The molecule has 3 aliphatic heterocycles. The lowest BCUT2D eigenvalue weighted by atomic mass is 9.78. The van der Waals surface area contributed by atoms with Crippen LogP contribution in [0.15, 0.2) is 267 Å². The molecule has 17 heteroatoms. The minimum atomic E-state index is -0.162. The molecule has 0 saturated carbocycles. The fourth-order valence-corrected chi connectivity index (χ4v) is 18.4. The number of ether oxygens (including phenoxy) is 14. The Morgan fingerprint density at radius 1 is 0.286 bits per heavy atom. The first-order valence-corrected chi connectivity index (χ1v) is 40.5. The molecule has 19 rings (SSSR count). The number of fused-ring (bicyclic) bond motifs is 15. The summed E-state index contributed by atoms with van der Waals surface area (Å²) in [5.74, 6) is 12.0. The molecule has 3 atom stereocenters. The van der Waals surface area contributed by atoms with Crippen LogP contribution in [0.2, 0.25) is 0 Å². The van der Waals surface area contributed by atoms with Gasteiger partial charge < -0.3 is 71.4 Å². The van der Waals surface area contributed by atoms with E-state index < -0.39 is 0 Å². The largest absolute Gasteiger partial charge is 0.497 e.